The fraction of sp³-hybridized carbons (Fsp3) is 0.875. The maximum absolute atomic E-state index is 5.62. The van der Waals surface area contributed by atoms with Gasteiger partial charge in [-0.15, -0.1) is 0 Å². The fourth-order valence-electron chi connectivity index (χ4n) is 0.853. The van der Waals surface area contributed by atoms with Gasteiger partial charge in [0.05, 0.1) is 6.54 Å². The summed E-state index contributed by atoms with van der Waals surface area (Å²) in [6, 6.07) is 0.605. The Labute approximate surface area is 73.8 Å². The van der Waals surface area contributed by atoms with Crippen molar-refractivity contribution < 1.29 is 0 Å². The first-order chi connectivity index (χ1) is 5.68. The van der Waals surface area contributed by atoms with Crippen molar-refractivity contribution in [1.82, 2.24) is 10.2 Å². The van der Waals surface area contributed by atoms with E-state index in [0.717, 1.165) is 13.1 Å². The van der Waals surface area contributed by atoms with Crippen LogP contribution in [0.25, 0.3) is 0 Å². The molecular weight excluding hydrogens is 152 g/mol. The summed E-state index contributed by atoms with van der Waals surface area (Å²) >= 11 is 0. The Balaban J connectivity index is 2.07. The third-order valence-corrected chi connectivity index (χ3v) is 1.76. The molecule has 70 valence electrons. The highest BCUT2D eigenvalue weighted by Gasteiger charge is 2.21. The second-order valence-electron chi connectivity index (χ2n) is 3.49. The first kappa shape index (κ1) is 9.32. The van der Waals surface area contributed by atoms with Crippen molar-refractivity contribution in [3.63, 3.8) is 0 Å². The number of likely N-dealkylation sites (N-methyl/N-ethyl adjacent to an activating group) is 1. The Morgan fingerprint density at radius 2 is 2.25 bits per heavy atom. The molecule has 3 N–H and O–H groups in total. The van der Waals surface area contributed by atoms with Gasteiger partial charge in [-0.3, -0.25) is 4.99 Å². The molecule has 0 aromatic carbocycles. The van der Waals surface area contributed by atoms with Crippen LogP contribution in [0.4, 0.5) is 0 Å². The standard InChI is InChI=1S/C8H18N4/c1-12(2)6-5-10-8(9)11-7-3-4-7/h7H,3-6H2,1-2H3,(H3,9,10,11). The first-order valence-corrected chi connectivity index (χ1v) is 4.39. The van der Waals surface area contributed by atoms with E-state index in [1.54, 1.807) is 0 Å². The number of guanidine groups is 1. The summed E-state index contributed by atoms with van der Waals surface area (Å²) in [4.78, 5) is 6.28. The predicted octanol–water partition coefficient (Wildman–Crippen LogP) is -0.385. The minimum Gasteiger partial charge on any atom is -0.370 e. The average Bonchev–Trinajstić information content (AvgIpc) is 2.70. The van der Waals surface area contributed by atoms with Crippen molar-refractivity contribution in [1.29, 1.82) is 0 Å². The molecule has 0 amide bonds. The molecule has 0 atom stereocenters. The molecule has 0 aromatic heterocycles. The molecule has 0 unspecified atom stereocenters. The molecule has 0 aromatic rings. The van der Waals surface area contributed by atoms with E-state index in [1.807, 2.05) is 14.1 Å². The summed E-state index contributed by atoms with van der Waals surface area (Å²) in [6.07, 6.45) is 2.48. The molecule has 0 saturated heterocycles. The van der Waals surface area contributed by atoms with Crippen molar-refractivity contribution >= 4 is 5.96 Å². The van der Waals surface area contributed by atoms with Gasteiger partial charge in [0, 0.05) is 12.6 Å². The lowest BCUT2D eigenvalue weighted by Crippen LogP contribution is -2.34. The molecule has 0 heterocycles. The molecule has 1 aliphatic carbocycles. The van der Waals surface area contributed by atoms with Crippen molar-refractivity contribution in [2.75, 3.05) is 27.2 Å². The molecular formula is C8H18N4. The normalized spacial score (nSPS) is 18.4. The molecule has 0 aliphatic heterocycles. The van der Waals surface area contributed by atoms with Gasteiger partial charge in [0.25, 0.3) is 0 Å². The van der Waals surface area contributed by atoms with Crippen LogP contribution < -0.4 is 11.1 Å². The zero-order valence-electron chi connectivity index (χ0n) is 7.88. The molecule has 0 bridgehead atoms. The quantitative estimate of drug-likeness (QED) is 0.446. The lowest BCUT2D eigenvalue weighted by Gasteiger charge is -2.07. The van der Waals surface area contributed by atoms with Gasteiger partial charge in [-0.05, 0) is 26.9 Å². The van der Waals surface area contributed by atoms with Crippen LogP contribution in [-0.2, 0) is 0 Å². The Morgan fingerprint density at radius 1 is 1.58 bits per heavy atom. The van der Waals surface area contributed by atoms with Crippen LogP contribution in [0.3, 0.4) is 0 Å². The number of nitrogens with one attached hydrogen (secondary N) is 1. The van der Waals surface area contributed by atoms with Crippen molar-refractivity contribution in [2.24, 2.45) is 10.7 Å². The zero-order chi connectivity index (χ0) is 8.97. The molecule has 4 heteroatoms. The Kier molecular flexibility index (Phi) is 3.34. The van der Waals surface area contributed by atoms with Gasteiger partial charge in [-0.1, -0.05) is 0 Å². The largest absolute Gasteiger partial charge is 0.370 e. The number of nitrogens with two attached hydrogens (primary N) is 1. The van der Waals surface area contributed by atoms with E-state index in [0.29, 0.717) is 12.0 Å². The molecule has 1 fully saturated rings. The maximum Gasteiger partial charge on any atom is 0.188 e. The average molecular weight is 170 g/mol. The second-order valence-corrected chi connectivity index (χ2v) is 3.49. The predicted molar refractivity (Wildman–Crippen MR) is 51.2 cm³/mol. The van der Waals surface area contributed by atoms with Crippen LogP contribution in [0.15, 0.2) is 4.99 Å². The minimum atomic E-state index is 0.597. The molecule has 1 saturated carbocycles. The number of nitrogens with zero attached hydrogens (tertiary/aromatic N) is 2. The number of hydrogen-bond donors (Lipinski definition) is 2. The third kappa shape index (κ3) is 4.18. The smallest absolute Gasteiger partial charge is 0.188 e. The maximum atomic E-state index is 5.62. The molecule has 1 aliphatic rings. The highest BCUT2D eigenvalue weighted by atomic mass is 15.1. The van der Waals surface area contributed by atoms with E-state index in [-0.39, 0.29) is 0 Å². The molecule has 4 nitrogen and oxygen atoms in total. The minimum absolute atomic E-state index is 0.597. The summed E-state index contributed by atoms with van der Waals surface area (Å²) < 4.78 is 0. The van der Waals surface area contributed by atoms with Crippen molar-refractivity contribution in [3.05, 3.63) is 0 Å². The van der Waals surface area contributed by atoms with Crippen LogP contribution in [0.5, 0.6) is 0 Å². The van der Waals surface area contributed by atoms with Crippen LogP contribution in [-0.4, -0.2) is 44.1 Å². The molecule has 1 rings (SSSR count). The lowest BCUT2D eigenvalue weighted by molar-refractivity contribution is 0.420. The van der Waals surface area contributed by atoms with Gasteiger partial charge in [-0.2, -0.15) is 0 Å². The van der Waals surface area contributed by atoms with Gasteiger partial charge in [-0.25, -0.2) is 0 Å². The highest BCUT2D eigenvalue weighted by molar-refractivity contribution is 5.78. The topological polar surface area (TPSA) is 53.6 Å². The lowest BCUT2D eigenvalue weighted by atomic mass is 10.6. The van der Waals surface area contributed by atoms with Gasteiger partial charge < -0.3 is 16.0 Å². The van der Waals surface area contributed by atoms with E-state index < -0.39 is 0 Å². The third-order valence-electron chi connectivity index (χ3n) is 1.76. The molecule has 0 spiro atoms. The number of hydrogen-bond acceptors (Lipinski definition) is 2. The summed E-state index contributed by atoms with van der Waals surface area (Å²) in [7, 11) is 4.06. The summed E-state index contributed by atoms with van der Waals surface area (Å²) in [5.41, 5.74) is 5.62. The van der Waals surface area contributed by atoms with Crippen LogP contribution >= 0.6 is 0 Å². The highest BCUT2D eigenvalue weighted by Crippen LogP contribution is 2.17. The van der Waals surface area contributed by atoms with Gasteiger partial charge in [0.1, 0.15) is 0 Å². The van der Waals surface area contributed by atoms with Gasteiger partial charge in [0.15, 0.2) is 5.96 Å². The first-order valence-electron chi connectivity index (χ1n) is 4.39. The van der Waals surface area contributed by atoms with Crippen LogP contribution in [0.1, 0.15) is 12.8 Å². The summed E-state index contributed by atoms with van der Waals surface area (Å²) in [5.74, 6) is 0.597. The Hall–Kier alpha value is -0.770. The van der Waals surface area contributed by atoms with E-state index in [1.165, 1.54) is 12.8 Å². The van der Waals surface area contributed by atoms with Crippen molar-refractivity contribution in [3.8, 4) is 0 Å². The fourth-order valence-corrected chi connectivity index (χ4v) is 0.853. The Morgan fingerprint density at radius 3 is 2.75 bits per heavy atom. The number of aliphatic imine (C=N–C) groups is 1. The van der Waals surface area contributed by atoms with Crippen molar-refractivity contribution in [2.45, 2.75) is 18.9 Å². The summed E-state index contributed by atoms with van der Waals surface area (Å²) in [6.45, 7) is 1.73. The number of rotatable bonds is 4. The molecule has 12 heavy (non-hydrogen) atoms. The summed E-state index contributed by atoms with van der Waals surface area (Å²) in [5, 5.41) is 3.14. The van der Waals surface area contributed by atoms with E-state index >= 15 is 0 Å². The monoisotopic (exact) mass is 170 g/mol. The second kappa shape index (κ2) is 4.30. The zero-order valence-corrected chi connectivity index (χ0v) is 7.88. The SMILES string of the molecule is CN(C)CCN=C(N)NC1CC1. The molecule has 0 radical (unpaired) electrons. The van der Waals surface area contributed by atoms with E-state index in [2.05, 4.69) is 15.2 Å². The van der Waals surface area contributed by atoms with E-state index in [4.69, 9.17) is 5.73 Å². The van der Waals surface area contributed by atoms with Gasteiger partial charge in [0.2, 0.25) is 0 Å². The van der Waals surface area contributed by atoms with E-state index in [9.17, 15) is 0 Å². The van der Waals surface area contributed by atoms with Crippen LogP contribution in [0.2, 0.25) is 0 Å². The van der Waals surface area contributed by atoms with Gasteiger partial charge >= 0.3 is 0 Å². The Bertz CT molecular complexity index is 160. The van der Waals surface area contributed by atoms with Crippen LogP contribution in [0, 0.1) is 0 Å².